The number of rotatable bonds is 4. The molecule has 2 heterocycles. The summed E-state index contributed by atoms with van der Waals surface area (Å²) in [5.41, 5.74) is 12.2. The van der Waals surface area contributed by atoms with Crippen LogP contribution >= 0.6 is 0 Å². The number of fused-ring (bicyclic) bond motifs is 3. The van der Waals surface area contributed by atoms with Crippen molar-refractivity contribution in [1.29, 1.82) is 0 Å². The maximum Gasteiger partial charge on any atom is 0.219 e. The van der Waals surface area contributed by atoms with Crippen molar-refractivity contribution in [2.75, 3.05) is 0 Å². The SMILES string of the molecule is CC(C)(C)c1cc(Oc2ccccn2)cc(-c2cc(-c3cc(C(C)(C)C)cc4c3[nH]c3ccc(C(C)(C)C)cc34)cc(C(C)(C)C)c2)c1. The number of hydrogen-bond acceptors (Lipinski definition) is 2. The minimum atomic E-state index is -0.0633. The van der Waals surface area contributed by atoms with Crippen molar-refractivity contribution < 1.29 is 4.74 Å². The van der Waals surface area contributed by atoms with Gasteiger partial charge in [-0.05, 0) is 109 Å². The molecule has 1 N–H and O–H groups in total. The van der Waals surface area contributed by atoms with Crippen LogP contribution in [0.5, 0.6) is 11.6 Å². The summed E-state index contributed by atoms with van der Waals surface area (Å²) < 4.78 is 6.35. The van der Waals surface area contributed by atoms with Gasteiger partial charge in [-0.1, -0.05) is 113 Å². The van der Waals surface area contributed by atoms with Crippen molar-refractivity contribution >= 4 is 21.8 Å². The average Bonchev–Trinajstić information content (AvgIpc) is 3.37. The number of aromatic nitrogens is 2. The zero-order chi connectivity index (χ0) is 34.8. The molecule has 6 rings (SSSR count). The van der Waals surface area contributed by atoms with Gasteiger partial charge in [0.2, 0.25) is 5.88 Å². The van der Waals surface area contributed by atoms with Crippen molar-refractivity contribution in [3.63, 3.8) is 0 Å². The maximum atomic E-state index is 6.35. The molecule has 0 aliphatic rings. The van der Waals surface area contributed by atoms with E-state index in [1.54, 1.807) is 6.20 Å². The van der Waals surface area contributed by atoms with Crippen molar-refractivity contribution in [3.8, 4) is 33.9 Å². The van der Waals surface area contributed by atoms with Gasteiger partial charge in [-0.15, -0.1) is 0 Å². The molecule has 0 radical (unpaired) electrons. The predicted octanol–water partition coefficient (Wildman–Crippen LogP) is 13.0. The van der Waals surface area contributed by atoms with Crippen molar-refractivity contribution in [3.05, 3.63) is 113 Å². The summed E-state index contributed by atoms with van der Waals surface area (Å²) in [7, 11) is 0. The first-order chi connectivity index (χ1) is 22.3. The first-order valence-corrected chi connectivity index (χ1v) is 17.3. The minimum Gasteiger partial charge on any atom is -0.439 e. The van der Waals surface area contributed by atoms with Gasteiger partial charge >= 0.3 is 0 Å². The lowest BCUT2D eigenvalue weighted by atomic mass is 9.80. The number of ether oxygens (including phenoxy) is 1. The summed E-state index contributed by atoms with van der Waals surface area (Å²) >= 11 is 0. The number of pyridine rings is 1. The third-order valence-electron chi connectivity index (χ3n) is 9.52. The molecule has 4 aromatic carbocycles. The Hall–Kier alpha value is -4.37. The monoisotopic (exact) mass is 636 g/mol. The molecule has 248 valence electrons. The largest absolute Gasteiger partial charge is 0.439 e. The highest BCUT2D eigenvalue weighted by Crippen LogP contribution is 2.42. The number of H-pyrrole nitrogens is 1. The lowest BCUT2D eigenvalue weighted by Crippen LogP contribution is -2.13. The normalized spacial score (nSPS) is 13.0. The molecular weight excluding hydrogens is 585 g/mol. The van der Waals surface area contributed by atoms with Crippen LogP contribution in [0.25, 0.3) is 44.1 Å². The molecule has 0 spiro atoms. The molecule has 0 fully saturated rings. The summed E-state index contributed by atoms with van der Waals surface area (Å²) in [6, 6.07) is 31.3. The van der Waals surface area contributed by atoms with Crippen LogP contribution in [-0.4, -0.2) is 9.97 Å². The second-order valence-corrected chi connectivity index (χ2v) is 17.6. The van der Waals surface area contributed by atoms with Crippen LogP contribution in [0.15, 0.2) is 91.1 Å². The van der Waals surface area contributed by atoms with Gasteiger partial charge < -0.3 is 9.72 Å². The van der Waals surface area contributed by atoms with Gasteiger partial charge in [-0.2, -0.15) is 0 Å². The molecule has 3 heteroatoms. The van der Waals surface area contributed by atoms with E-state index in [0.29, 0.717) is 5.88 Å². The van der Waals surface area contributed by atoms with Crippen LogP contribution in [0.1, 0.15) is 105 Å². The zero-order valence-corrected chi connectivity index (χ0v) is 31.0. The Morgan fingerprint density at radius 3 is 1.67 bits per heavy atom. The number of benzene rings is 4. The van der Waals surface area contributed by atoms with E-state index in [9.17, 15) is 0 Å². The minimum absolute atomic E-state index is 0.0165. The van der Waals surface area contributed by atoms with E-state index in [1.165, 1.54) is 60.8 Å². The lowest BCUT2D eigenvalue weighted by molar-refractivity contribution is 0.460. The fourth-order valence-electron chi connectivity index (χ4n) is 6.30. The van der Waals surface area contributed by atoms with Crippen LogP contribution in [-0.2, 0) is 21.7 Å². The summed E-state index contributed by atoms with van der Waals surface area (Å²) in [5.74, 6) is 1.38. The molecule has 2 aromatic heterocycles. The second kappa shape index (κ2) is 11.7. The molecule has 6 aromatic rings. The van der Waals surface area contributed by atoms with E-state index in [1.807, 2.05) is 18.2 Å². The second-order valence-electron chi connectivity index (χ2n) is 17.6. The predicted molar refractivity (Wildman–Crippen MR) is 206 cm³/mol. The van der Waals surface area contributed by atoms with Gasteiger partial charge in [-0.25, -0.2) is 4.98 Å². The number of nitrogens with one attached hydrogen (secondary N) is 1. The van der Waals surface area contributed by atoms with Crippen LogP contribution in [0.4, 0.5) is 0 Å². The smallest absolute Gasteiger partial charge is 0.219 e. The first kappa shape index (κ1) is 33.5. The standard InChI is InChI=1S/C45H52N2O/c1-42(2,3)31-16-17-39-37(25-31)38-27-34(45(10,11)12)26-36(41(38)47-39)30-19-28(20-32(22-30)43(4,5)6)29-21-33(44(7,8)9)24-35(23-29)48-40-15-13-14-18-46-40/h13-27,47H,1-12H3. The third kappa shape index (κ3) is 6.79. The number of hydrogen-bond donors (Lipinski definition) is 1. The van der Waals surface area contributed by atoms with Gasteiger partial charge in [0.05, 0.1) is 5.52 Å². The topological polar surface area (TPSA) is 37.9 Å². The Balaban J connectivity index is 1.63. The molecule has 0 unspecified atom stereocenters. The maximum absolute atomic E-state index is 6.35. The van der Waals surface area contributed by atoms with E-state index in [0.717, 1.165) is 11.3 Å². The van der Waals surface area contributed by atoms with Crippen LogP contribution in [0.2, 0.25) is 0 Å². The van der Waals surface area contributed by atoms with Crippen LogP contribution in [0.3, 0.4) is 0 Å². The molecule has 0 aliphatic carbocycles. The molecular formula is C45H52N2O. The Morgan fingerprint density at radius 2 is 1.06 bits per heavy atom. The Kier molecular flexibility index (Phi) is 8.14. The first-order valence-electron chi connectivity index (χ1n) is 17.3. The van der Waals surface area contributed by atoms with E-state index < -0.39 is 0 Å². The van der Waals surface area contributed by atoms with Gasteiger partial charge in [0.15, 0.2) is 0 Å². The number of nitrogens with zero attached hydrogens (tertiary/aromatic N) is 1. The van der Waals surface area contributed by atoms with Gasteiger partial charge in [-0.3, -0.25) is 0 Å². The Labute approximate surface area is 287 Å². The Bertz CT molecular complexity index is 2120. The van der Waals surface area contributed by atoms with Crippen molar-refractivity contribution in [2.24, 2.45) is 0 Å². The van der Waals surface area contributed by atoms with E-state index in [4.69, 9.17) is 4.74 Å². The molecule has 0 saturated carbocycles. The fraction of sp³-hybridized carbons (Fsp3) is 0.356. The van der Waals surface area contributed by atoms with E-state index in [2.05, 4.69) is 160 Å². The van der Waals surface area contributed by atoms with Crippen LogP contribution in [0, 0.1) is 0 Å². The zero-order valence-electron chi connectivity index (χ0n) is 31.0. The van der Waals surface area contributed by atoms with Gasteiger partial charge in [0.25, 0.3) is 0 Å². The Morgan fingerprint density at radius 1 is 0.500 bits per heavy atom. The highest BCUT2D eigenvalue weighted by Gasteiger charge is 2.24. The highest BCUT2D eigenvalue weighted by atomic mass is 16.5. The molecule has 48 heavy (non-hydrogen) atoms. The van der Waals surface area contributed by atoms with E-state index in [-0.39, 0.29) is 21.7 Å². The fourth-order valence-corrected chi connectivity index (χ4v) is 6.30. The van der Waals surface area contributed by atoms with Crippen molar-refractivity contribution in [1.82, 2.24) is 9.97 Å². The molecule has 0 aliphatic heterocycles. The summed E-state index contributed by atoms with van der Waals surface area (Å²) in [4.78, 5) is 8.29. The summed E-state index contributed by atoms with van der Waals surface area (Å²) in [5, 5.41) is 2.56. The molecule has 0 saturated heterocycles. The molecule has 3 nitrogen and oxygen atoms in total. The lowest BCUT2D eigenvalue weighted by Gasteiger charge is -2.25. The summed E-state index contributed by atoms with van der Waals surface area (Å²) in [6.07, 6.45) is 1.77. The molecule has 0 bridgehead atoms. The van der Waals surface area contributed by atoms with Crippen molar-refractivity contribution in [2.45, 2.75) is 105 Å². The average molecular weight is 637 g/mol. The third-order valence-corrected chi connectivity index (χ3v) is 9.52. The van der Waals surface area contributed by atoms with Gasteiger partial charge in [0.1, 0.15) is 5.75 Å². The molecule has 0 atom stereocenters. The number of aromatic amines is 1. The van der Waals surface area contributed by atoms with E-state index >= 15 is 0 Å². The highest BCUT2D eigenvalue weighted by molar-refractivity contribution is 6.12. The summed E-state index contributed by atoms with van der Waals surface area (Å²) in [6.45, 7) is 27.5. The van der Waals surface area contributed by atoms with Gasteiger partial charge in [0, 0.05) is 34.1 Å². The molecule has 0 amide bonds. The van der Waals surface area contributed by atoms with Crippen LogP contribution < -0.4 is 4.74 Å². The quantitative estimate of drug-likeness (QED) is 0.209.